The molecule has 0 aliphatic carbocycles. The third kappa shape index (κ3) is 6.82. The van der Waals surface area contributed by atoms with Gasteiger partial charge in [0.15, 0.2) is 30.2 Å². The second-order valence-electron chi connectivity index (χ2n) is 10.7. The van der Waals surface area contributed by atoms with E-state index in [0.717, 1.165) is 0 Å². The highest BCUT2D eigenvalue weighted by molar-refractivity contribution is 5.11. The molecule has 10 rings (SSSR count). The van der Waals surface area contributed by atoms with E-state index >= 15 is 0 Å². The molecular formula is C19H37N19O15. The van der Waals surface area contributed by atoms with Crippen LogP contribution in [-0.4, -0.2) is 145 Å². The fraction of sp³-hybridized carbons (Fsp3) is 0.895. The lowest BCUT2D eigenvalue weighted by Crippen LogP contribution is -2.77. The first-order chi connectivity index (χ1) is 25.0. The van der Waals surface area contributed by atoms with Crippen molar-refractivity contribution in [3.63, 3.8) is 0 Å². The first kappa shape index (κ1) is 41.3. The number of hydrogen-bond acceptors (Lipinski definition) is 20. The van der Waals surface area contributed by atoms with E-state index in [1.54, 1.807) is 6.08 Å². The van der Waals surface area contributed by atoms with Crippen molar-refractivity contribution in [2.75, 3.05) is 0 Å². The van der Waals surface area contributed by atoms with Crippen LogP contribution in [0.1, 0.15) is 34.6 Å². The molecule has 0 aromatic carbocycles. The van der Waals surface area contributed by atoms with Gasteiger partial charge in [0.25, 0.3) is 42.1 Å². The van der Waals surface area contributed by atoms with Gasteiger partial charge in [0, 0.05) is 0 Å². The van der Waals surface area contributed by atoms with Crippen molar-refractivity contribution in [1.29, 1.82) is 0 Å². The van der Waals surface area contributed by atoms with Crippen LogP contribution in [0, 0.1) is 70.8 Å². The summed E-state index contributed by atoms with van der Waals surface area (Å²) in [5, 5.41) is 94.9. The molecule has 0 unspecified atom stereocenters. The number of nitro groups is 6. The van der Waals surface area contributed by atoms with Gasteiger partial charge in [0.1, 0.15) is 0 Å². The van der Waals surface area contributed by atoms with Gasteiger partial charge in [0.05, 0.1) is 37.0 Å². The third-order valence-electron chi connectivity index (χ3n) is 8.34. The normalized spacial score (nSPS) is 34.7. The summed E-state index contributed by atoms with van der Waals surface area (Å²) in [6, 6.07) is 0. The molecule has 0 saturated carbocycles. The van der Waals surface area contributed by atoms with Crippen LogP contribution in [-0.2, 0) is 0 Å². The van der Waals surface area contributed by atoms with Crippen LogP contribution in [0.2, 0.25) is 0 Å². The number of rotatable bonds is 6. The number of hydrogen-bond donors (Lipinski definition) is 7. The second kappa shape index (κ2) is 16.1. The van der Waals surface area contributed by atoms with Gasteiger partial charge >= 0.3 is 0 Å². The Kier molecular flexibility index (Phi) is 12.5. The molecule has 53 heavy (non-hydrogen) atoms. The van der Waals surface area contributed by atoms with Crippen LogP contribution in [0.25, 0.3) is 0 Å². The summed E-state index contributed by atoms with van der Waals surface area (Å²) >= 11 is 0. The predicted octanol–water partition coefficient (Wildman–Crippen LogP) is -4.61. The molecule has 7 N–H and O–H groups in total. The van der Waals surface area contributed by atoms with E-state index in [-0.39, 0.29) is 30.1 Å². The quantitative estimate of drug-likeness (QED) is 0.0758. The lowest BCUT2D eigenvalue weighted by Gasteiger charge is -2.39. The maximum Gasteiger partial charge on any atom is 0.291 e. The molecule has 10 fully saturated rings. The molecule has 0 radical (unpaired) electrons. The first-order valence-corrected chi connectivity index (χ1v) is 15.5. The molecule has 0 amide bonds. The van der Waals surface area contributed by atoms with Crippen molar-refractivity contribution in [3.05, 3.63) is 83.5 Å². The van der Waals surface area contributed by atoms with Gasteiger partial charge in [-0.2, -0.15) is 0 Å². The number of nitrogens with one attached hydrogen (secondary N) is 6. The molecule has 0 aromatic heterocycles. The first-order valence-electron chi connectivity index (χ1n) is 15.5. The van der Waals surface area contributed by atoms with Crippen LogP contribution in [0.4, 0.5) is 0 Å². The van der Waals surface area contributed by atoms with E-state index < -0.39 is 72.3 Å². The molecule has 10 saturated heterocycles. The summed E-state index contributed by atoms with van der Waals surface area (Å²) in [6.07, 6.45) is -10.5. The Morgan fingerprint density at radius 2 is 0.528 bits per heavy atom. The molecular weight excluding hydrogens is 734 g/mol. The summed E-state index contributed by atoms with van der Waals surface area (Å²) in [4.78, 5) is 78.3. The Bertz CT molecular complexity index is 1290. The monoisotopic (exact) mass is 771 g/mol. The SMILES string of the molecule is C=CC.CC.CC.N1C2NC3NC4NC3NC2NC14.O=[N+]([O-])N1C2C3N([N+](=O)[O-])C1C1N([N+](=O)[O-])C(C(N1[N+](=O)[O-])N3[N+](=O)[O-])N2[N+](=O)[O-].O=[N+]([O-])O. The lowest BCUT2D eigenvalue weighted by atomic mass is 10.2. The van der Waals surface area contributed by atoms with Crippen molar-refractivity contribution < 1.29 is 40.5 Å². The van der Waals surface area contributed by atoms with Gasteiger partial charge in [-0.1, -0.05) is 63.8 Å². The van der Waals surface area contributed by atoms with Crippen molar-refractivity contribution in [2.45, 2.75) is 109 Å². The Balaban J connectivity index is 0.000000267. The zero-order valence-electron chi connectivity index (χ0n) is 28.2. The van der Waals surface area contributed by atoms with Crippen LogP contribution >= 0.6 is 0 Å². The van der Waals surface area contributed by atoms with E-state index in [1.807, 2.05) is 34.6 Å². The minimum atomic E-state index is -2.47. The van der Waals surface area contributed by atoms with Crippen molar-refractivity contribution in [3.8, 4) is 0 Å². The predicted molar refractivity (Wildman–Crippen MR) is 165 cm³/mol. The summed E-state index contributed by atoms with van der Waals surface area (Å²) in [5.74, 6) is 0. The highest BCUT2D eigenvalue weighted by Gasteiger charge is 2.89. The lowest BCUT2D eigenvalue weighted by molar-refractivity contribution is -0.792. The zero-order valence-corrected chi connectivity index (χ0v) is 28.2. The molecule has 0 spiro atoms. The van der Waals surface area contributed by atoms with Gasteiger partial charge in [0.2, 0.25) is 0 Å². The van der Waals surface area contributed by atoms with Crippen LogP contribution in [0.15, 0.2) is 12.7 Å². The van der Waals surface area contributed by atoms with E-state index in [4.69, 9.17) is 15.3 Å². The van der Waals surface area contributed by atoms with Gasteiger partial charge in [-0.15, -0.1) is 16.7 Å². The van der Waals surface area contributed by atoms with Gasteiger partial charge in [-0.25, -0.2) is 60.7 Å². The number of allylic oxidation sites excluding steroid dienone is 1. The topological polar surface area (TPSA) is 414 Å². The van der Waals surface area contributed by atoms with Crippen LogP contribution < -0.4 is 31.9 Å². The van der Waals surface area contributed by atoms with Crippen LogP contribution in [0.3, 0.4) is 0 Å². The summed E-state index contributed by atoms with van der Waals surface area (Å²) in [5.41, 5.74) is 0. The minimum absolute atomic E-state index is 0.180. The summed E-state index contributed by atoms with van der Waals surface area (Å²) in [6.45, 7) is 13.2. The fourth-order valence-electron chi connectivity index (χ4n) is 7.07. The van der Waals surface area contributed by atoms with E-state index in [2.05, 4.69) is 38.5 Å². The summed E-state index contributed by atoms with van der Waals surface area (Å²) in [7, 11) is 0. The van der Waals surface area contributed by atoms with Gasteiger partial charge in [-0.05, 0) is 6.92 Å². The molecule has 0 aromatic rings. The molecule has 10 aliphatic rings. The number of nitrogens with zero attached hydrogens (tertiary/aromatic N) is 13. The minimum Gasteiger partial charge on any atom is -0.328 e. The van der Waals surface area contributed by atoms with Gasteiger partial charge in [-0.3, -0.25) is 31.9 Å². The third-order valence-corrected chi connectivity index (χ3v) is 8.34. The van der Waals surface area contributed by atoms with E-state index in [0.29, 0.717) is 37.0 Å². The number of hydrazine groups is 6. The molecule has 298 valence electrons. The van der Waals surface area contributed by atoms with Crippen molar-refractivity contribution in [1.82, 2.24) is 62.0 Å². The standard InChI is InChI=1S/C6H6N12O12.C6H12N6.C3H6.2C2H6.HNO3/c19-13(20)7-1-2-8(14(21)22)5(7)6-9(15(23)24)3(11(1)17(27)28)4(10(6)16(25)26)12(2)18(29)30;7-1-2-8-5(7)6-9-3(11-1)4(10-6)12-2;1-3-2;2*1-2;2-1(3)4/h1-6H;1-12H;3H,1H2,2H3;2*1-2H3;(H,2,3,4). The smallest absolute Gasteiger partial charge is 0.291 e. The maximum absolute atomic E-state index is 11.7. The van der Waals surface area contributed by atoms with Gasteiger partial charge < -0.3 is 5.21 Å². The molecule has 12 bridgehead atoms. The second-order valence-corrected chi connectivity index (χ2v) is 10.7. The van der Waals surface area contributed by atoms with Crippen molar-refractivity contribution in [2.24, 2.45) is 0 Å². The average Bonchev–Trinajstić information content (AvgIpc) is 3.75. The Morgan fingerprint density at radius 3 is 0.604 bits per heavy atom. The average molecular weight is 772 g/mol. The highest BCUT2D eigenvalue weighted by atomic mass is 16.9. The fourth-order valence-corrected chi connectivity index (χ4v) is 7.07. The molecule has 34 heteroatoms. The largest absolute Gasteiger partial charge is 0.328 e. The maximum atomic E-state index is 11.7. The summed E-state index contributed by atoms with van der Waals surface area (Å²) < 4.78 is 0. The van der Waals surface area contributed by atoms with E-state index in [1.165, 1.54) is 0 Å². The molecule has 10 aliphatic heterocycles. The molecule has 34 nitrogen and oxygen atoms in total. The number of piperazine rings is 2. The molecule has 10 heterocycles. The zero-order chi connectivity index (χ0) is 40.4. The Hall–Kier alpha value is -6.10. The highest BCUT2D eigenvalue weighted by Crippen LogP contribution is 2.51. The Morgan fingerprint density at radius 1 is 0.434 bits per heavy atom. The molecule has 0 atom stereocenters. The van der Waals surface area contributed by atoms with E-state index in [9.17, 15) is 60.7 Å². The van der Waals surface area contributed by atoms with Crippen LogP contribution in [0.5, 0.6) is 0 Å². The Labute approximate surface area is 295 Å². The van der Waals surface area contributed by atoms with Crippen molar-refractivity contribution >= 4 is 0 Å².